The van der Waals surface area contributed by atoms with Crippen LogP contribution in [0.1, 0.15) is 22.7 Å². The number of nitrogens with one attached hydrogen (secondary N) is 1. The maximum absolute atomic E-state index is 13.8. The molecule has 0 spiro atoms. The summed E-state index contributed by atoms with van der Waals surface area (Å²) in [6.45, 7) is 1.58. The number of ketones is 1. The van der Waals surface area contributed by atoms with Gasteiger partial charge in [0.05, 0.1) is 11.6 Å². The Hall–Kier alpha value is -4.19. The molecule has 0 aliphatic carbocycles. The molecule has 1 aliphatic heterocycles. The second-order valence-corrected chi connectivity index (χ2v) is 7.76. The highest BCUT2D eigenvalue weighted by Gasteiger charge is 2.47. The number of H-pyrrole nitrogens is 1. The van der Waals surface area contributed by atoms with Gasteiger partial charge in [0.25, 0.3) is 11.7 Å². The summed E-state index contributed by atoms with van der Waals surface area (Å²) in [5.74, 6) is -2.27. The molecule has 0 radical (unpaired) electrons. The number of rotatable bonds is 3. The summed E-state index contributed by atoms with van der Waals surface area (Å²) in [7, 11) is 0. The highest BCUT2D eigenvalue weighted by atomic mass is 19.1. The Morgan fingerprint density at radius 2 is 1.72 bits per heavy atom. The predicted octanol–water partition coefficient (Wildman–Crippen LogP) is 5.24. The molecule has 3 aromatic carbocycles. The van der Waals surface area contributed by atoms with Crippen LogP contribution in [-0.2, 0) is 9.59 Å². The minimum Gasteiger partial charge on any atom is -0.507 e. The zero-order chi connectivity index (χ0) is 22.4. The molecule has 1 atom stereocenters. The summed E-state index contributed by atoms with van der Waals surface area (Å²) in [4.78, 5) is 31.0. The standard InChI is InChI=1S/C26H19FN2O3/c1-15-13-16(11-12-20(15)27)24(30)22-23(19-14-28-21-10-6-5-9-18(19)21)29(26(32)25(22)31)17-7-3-2-4-8-17/h2-14,23,28,30H,1H3/b24-22+. The fourth-order valence-corrected chi connectivity index (χ4v) is 4.25. The third-order valence-electron chi connectivity index (χ3n) is 5.83. The maximum Gasteiger partial charge on any atom is 0.300 e. The molecule has 6 heteroatoms. The monoisotopic (exact) mass is 426 g/mol. The van der Waals surface area contributed by atoms with Gasteiger partial charge in [-0.05, 0) is 48.9 Å². The molecule has 2 N–H and O–H groups in total. The van der Waals surface area contributed by atoms with Crippen molar-refractivity contribution in [3.05, 3.63) is 107 Å². The first-order chi connectivity index (χ1) is 15.5. The van der Waals surface area contributed by atoms with Gasteiger partial charge >= 0.3 is 0 Å². The predicted molar refractivity (Wildman–Crippen MR) is 121 cm³/mol. The van der Waals surface area contributed by atoms with E-state index in [1.54, 1.807) is 37.4 Å². The van der Waals surface area contributed by atoms with Crippen molar-refractivity contribution < 1.29 is 19.1 Å². The third-order valence-corrected chi connectivity index (χ3v) is 5.83. The smallest absolute Gasteiger partial charge is 0.300 e. The fourth-order valence-electron chi connectivity index (χ4n) is 4.25. The number of Topliss-reactive ketones (excluding diaryl/α,β-unsaturated/α-hetero) is 1. The van der Waals surface area contributed by atoms with Crippen LogP contribution in [0.3, 0.4) is 0 Å². The second kappa shape index (κ2) is 7.50. The molecular weight excluding hydrogens is 407 g/mol. The van der Waals surface area contributed by atoms with Crippen LogP contribution in [0.25, 0.3) is 16.7 Å². The van der Waals surface area contributed by atoms with Crippen molar-refractivity contribution in [1.29, 1.82) is 0 Å². The number of hydrogen-bond donors (Lipinski definition) is 2. The number of fused-ring (bicyclic) bond motifs is 1. The van der Waals surface area contributed by atoms with Gasteiger partial charge in [-0.3, -0.25) is 14.5 Å². The van der Waals surface area contributed by atoms with Gasteiger partial charge in [0.15, 0.2) is 0 Å². The largest absolute Gasteiger partial charge is 0.507 e. The molecule has 32 heavy (non-hydrogen) atoms. The maximum atomic E-state index is 13.8. The van der Waals surface area contributed by atoms with E-state index in [1.807, 2.05) is 30.3 Å². The highest BCUT2D eigenvalue weighted by Crippen LogP contribution is 2.44. The van der Waals surface area contributed by atoms with Gasteiger partial charge in [0, 0.05) is 33.9 Å². The van der Waals surface area contributed by atoms with Crippen LogP contribution in [0.5, 0.6) is 0 Å². The molecule has 1 aromatic heterocycles. The van der Waals surface area contributed by atoms with Crippen molar-refractivity contribution >= 4 is 34.0 Å². The van der Waals surface area contributed by atoms with Crippen molar-refractivity contribution in [3.63, 3.8) is 0 Å². The van der Waals surface area contributed by atoms with Crippen molar-refractivity contribution in [2.45, 2.75) is 13.0 Å². The summed E-state index contributed by atoms with van der Waals surface area (Å²) in [5, 5.41) is 12.0. The van der Waals surface area contributed by atoms with Gasteiger partial charge < -0.3 is 10.1 Å². The number of halogens is 1. The topological polar surface area (TPSA) is 73.4 Å². The van der Waals surface area contributed by atoms with E-state index in [1.165, 1.54) is 23.1 Å². The number of aryl methyl sites for hydroxylation is 1. The van der Waals surface area contributed by atoms with Crippen LogP contribution in [0.2, 0.25) is 0 Å². The van der Waals surface area contributed by atoms with Crippen LogP contribution >= 0.6 is 0 Å². The molecule has 4 aromatic rings. The Bertz CT molecular complexity index is 1410. The van der Waals surface area contributed by atoms with Crippen LogP contribution in [-0.4, -0.2) is 21.8 Å². The molecule has 5 nitrogen and oxygen atoms in total. The Balaban J connectivity index is 1.79. The number of aromatic amines is 1. The molecule has 5 rings (SSSR count). The summed E-state index contributed by atoms with van der Waals surface area (Å²) in [6, 6.07) is 19.7. The van der Waals surface area contributed by atoms with Crippen LogP contribution in [0.4, 0.5) is 10.1 Å². The van der Waals surface area contributed by atoms with Gasteiger partial charge in [0.2, 0.25) is 0 Å². The number of hydrogen-bond acceptors (Lipinski definition) is 3. The molecule has 2 heterocycles. The first-order valence-corrected chi connectivity index (χ1v) is 10.2. The molecule has 0 bridgehead atoms. The van der Waals surface area contributed by atoms with E-state index in [0.717, 1.165) is 10.9 Å². The molecule has 1 fully saturated rings. The number of aliphatic hydroxyl groups excluding tert-OH is 1. The Labute approximate surface area is 183 Å². The minimum absolute atomic E-state index is 0.0328. The van der Waals surface area contributed by atoms with Crippen LogP contribution in [0, 0.1) is 12.7 Å². The third kappa shape index (κ3) is 3.00. The van der Waals surface area contributed by atoms with Gasteiger partial charge in [-0.15, -0.1) is 0 Å². The lowest BCUT2D eigenvalue weighted by molar-refractivity contribution is -0.132. The molecule has 158 valence electrons. The first kappa shape index (κ1) is 19.8. The van der Waals surface area contributed by atoms with Gasteiger partial charge in [0.1, 0.15) is 11.6 Å². The van der Waals surface area contributed by atoms with Crippen LogP contribution in [0.15, 0.2) is 84.6 Å². The normalized spacial score (nSPS) is 17.9. The quantitative estimate of drug-likeness (QED) is 0.267. The van der Waals surface area contributed by atoms with E-state index in [-0.39, 0.29) is 16.9 Å². The van der Waals surface area contributed by atoms with Crippen LogP contribution < -0.4 is 4.90 Å². The number of carbonyl (C=O) groups excluding carboxylic acids is 2. The molecule has 1 aliphatic rings. The van der Waals surface area contributed by atoms with Gasteiger partial charge in [-0.2, -0.15) is 0 Å². The second-order valence-electron chi connectivity index (χ2n) is 7.76. The van der Waals surface area contributed by atoms with E-state index in [4.69, 9.17) is 0 Å². The summed E-state index contributed by atoms with van der Waals surface area (Å²) >= 11 is 0. The van der Waals surface area contributed by atoms with E-state index < -0.39 is 23.5 Å². The average Bonchev–Trinajstić information content (AvgIpc) is 3.34. The number of carbonyl (C=O) groups is 2. The molecular formula is C26H19FN2O3. The lowest BCUT2D eigenvalue weighted by Crippen LogP contribution is -2.29. The van der Waals surface area contributed by atoms with Gasteiger partial charge in [-0.25, -0.2) is 4.39 Å². The van der Waals surface area contributed by atoms with E-state index >= 15 is 0 Å². The molecule has 0 saturated carbocycles. The zero-order valence-electron chi connectivity index (χ0n) is 17.2. The fraction of sp³-hybridized carbons (Fsp3) is 0.0769. The number of benzene rings is 3. The zero-order valence-corrected chi connectivity index (χ0v) is 17.2. The number of aromatic nitrogens is 1. The van der Waals surface area contributed by atoms with E-state index in [0.29, 0.717) is 16.8 Å². The Morgan fingerprint density at radius 3 is 2.47 bits per heavy atom. The molecule has 1 amide bonds. The van der Waals surface area contributed by atoms with Crippen molar-refractivity contribution in [3.8, 4) is 0 Å². The van der Waals surface area contributed by atoms with Crippen molar-refractivity contribution in [2.75, 3.05) is 4.90 Å². The molecule has 1 unspecified atom stereocenters. The lowest BCUT2D eigenvalue weighted by Gasteiger charge is -2.25. The summed E-state index contributed by atoms with van der Waals surface area (Å²) in [6.07, 6.45) is 1.75. The average molecular weight is 426 g/mol. The SMILES string of the molecule is Cc1cc(/C(O)=C2\C(=O)C(=O)N(c3ccccc3)C2c2c[nH]c3ccccc23)ccc1F. The number of aliphatic hydroxyl groups is 1. The van der Waals surface area contributed by atoms with Crippen molar-refractivity contribution in [2.24, 2.45) is 0 Å². The summed E-state index contributed by atoms with van der Waals surface area (Å²) < 4.78 is 13.8. The Kier molecular flexibility index (Phi) is 4.63. The minimum atomic E-state index is -0.848. The Morgan fingerprint density at radius 1 is 1.00 bits per heavy atom. The van der Waals surface area contributed by atoms with E-state index in [9.17, 15) is 19.1 Å². The number of para-hydroxylation sites is 2. The van der Waals surface area contributed by atoms with E-state index in [2.05, 4.69) is 4.98 Å². The van der Waals surface area contributed by atoms with Gasteiger partial charge in [-0.1, -0.05) is 36.4 Å². The summed E-state index contributed by atoms with van der Waals surface area (Å²) in [5.41, 5.74) is 2.64. The number of nitrogens with zero attached hydrogens (tertiary/aromatic N) is 1. The first-order valence-electron chi connectivity index (χ1n) is 10.2. The van der Waals surface area contributed by atoms with Crippen molar-refractivity contribution in [1.82, 2.24) is 4.98 Å². The number of amides is 1. The lowest BCUT2D eigenvalue weighted by atomic mass is 9.94. The molecule has 1 saturated heterocycles. The highest BCUT2D eigenvalue weighted by molar-refractivity contribution is 6.51. The number of anilines is 1.